The van der Waals surface area contributed by atoms with Gasteiger partial charge in [0, 0.05) is 31.6 Å². The first-order valence-corrected chi connectivity index (χ1v) is 10.4. The first-order chi connectivity index (χ1) is 13.6. The first-order valence-electron chi connectivity index (χ1n) is 10.4. The summed E-state index contributed by atoms with van der Waals surface area (Å²) in [5.41, 5.74) is 4.20. The third-order valence-electron chi connectivity index (χ3n) is 6.46. The predicted octanol–water partition coefficient (Wildman–Crippen LogP) is 3.58. The summed E-state index contributed by atoms with van der Waals surface area (Å²) < 4.78 is 0. The lowest BCUT2D eigenvalue weighted by Gasteiger charge is -2.38. The van der Waals surface area contributed by atoms with Gasteiger partial charge in [0.2, 0.25) is 0 Å². The molecule has 3 aliphatic carbocycles. The van der Waals surface area contributed by atoms with Crippen molar-refractivity contribution in [2.75, 3.05) is 33.2 Å². The average Bonchev–Trinajstić information content (AvgIpc) is 2.89. The summed E-state index contributed by atoms with van der Waals surface area (Å²) in [6, 6.07) is 0.311. The van der Waals surface area contributed by atoms with Crippen LogP contribution in [-0.2, 0) is 4.79 Å². The number of nitrogens with zero attached hydrogens (tertiary/aromatic N) is 2. The van der Waals surface area contributed by atoms with E-state index in [-0.39, 0.29) is 5.92 Å². The van der Waals surface area contributed by atoms with E-state index in [1.165, 1.54) is 16.7 Å². The molecule has 1 saturated heterocycles. The molecule has 3 atom stereocenters. The Balaban J connectivity index is 1.49. The van der Waals surface area contributed by atoms with Crippen LogP contribution in [0, 0.1) is 11.8 Å². The molecule has 1 fully saturated rings. The molecular weight excluding hydrogens is 348 g/mol. The van der Waals surface area contributed by atoms with E-state index in [0.29, 0.717) is 18.5 Å². The Morgan fingerprint density at radius 3 is 3.00 bits per heavy atom. The van der Waals surface area contributed by atoms with Crippen LogP contribution in [0.25, 0.3) is 0 Å². The smallest absolute Gasteiger partial charge is 0.307 e. The first kappa shape index (κ1) is 19.2. The highest BCUT2D eigenvalue weighted by atomic mass is 16.4. The Morgan fingerprint density at radius 1 is 1.25 bits per heavy atom. The lowest BCUT2D eigenvalue weighted by Crippen LogP contribution is -2.46. The van der Waals surface area contributed by atoms with Crippen LogP contribution >= 0.6 is 0 Å². The number of carboxylic acids is 1. The Bertz CT molecular complexity index is 793. The molecule has 0 radical (unpaired) electrons. The molecule has 1 heterocycles. The number of aliphatic carboxylic acids is 1. The fourth-order valence-electron chi connectivity index (χ4n) is 4.87. The molecule has 1 aliphatic heterocycles. The molecule has 4 nitrogen and oxygen atoms in total. The second-order valence-corrected chi connectivity index (χ2v) is 8.29. The number of hydrogen-bond acceptors (Lipinski definition) is 3. The molecule has 0 aromatic rings. The molecule has 0 aromatic heterocycles. The summed E-state index contributed by atoms with van der Waals surface area (Å²) in [6.45, 7) is 3.55. The van der Waals surface area contributed by atoms with Gasteiger partial charge in [-0.05, 0) is 49.6 Å². The van der Waals surface area contributed by atoms with Crippen LogP contribution in [-0.4, -0.2) is 60.1 Å². The summed E-state index contributed by atoms with van der Waals surface area (Å²) in [7, 11) is 2.22. The molecule has 1 N–H and O–H groups in total. The zero-order valence-corrected chi connectivity index (χ0v) is 16.6. The molecule has 148 valence electrons. The van der Waals surface area contributed by atoms with E-state index in [4.69, 9.17) is 0 Å². The monoisotopic (exact) mass is 378 g/mol. The van der Waals surface area contributed by atoms with Gasteiger partial charge in [-0.1, -0.05) is 54.7 Å². The average molecular weight is 379 g/mol. The van der Waals surface area contributed by atoms with E-state index in [1.807, 2.05) is 0 Å². The lowest BCUT2D eigenvalue weighted by atomic mass is 9.81. The summed E-state index contributed by atoms with van der Waals surface area (Å²) in [4.78, 5) is 16.2. The molecule has 0 bridgehead atoms. The van der Waals surface area contributed by atoms with Crippen LogP contribution < -0.4 is 0 Å². The molecule has 0 aromatic carbocycles. The standard InChI is InChI=1S/C24H30N2O2/c1-25(15-16-26-14-6-9-20(17-26)24(27)28)23-21-10-4-2-7-18(21)12-13-19-8-3-5-11-22(19)23/h2-5,7,10-13,20-21,23H,6,8-9,14-17H2,1H3,(H,27,28)/t20?,21?,23-/m1/s1. The fourth-order valence-corrected chi connectivity index (χ4v) is 4.87. The van der Waals surface area contributed by atoms with Crippen LogP contribution in [0.1, 0.15) is 19.3 Å². The number of likely N-dealkylation sites (N-methyl/N-ethyl adjacent to an activating group) is 1. The highest BCUT2D eigenvalue weighted by Gasteiger charge is 2.33. The number of carbonyl (C=O) groups is 1. The van der Waals surface area contributed by atoms with Gasteiger partial charge in [-0.15, -0.1) is 0 Å². The number of rotatable bonds is 5. The number of hydrogen-bond donors (Lipinski definition) is 1. The van der Waals surface area contributed by atoms with Gasteiger partial charge in [0.15, 0.2) is 0 Å². The number of likely N-dealkylation sites (tertiary alicyclic amines) is 1. The predicted molar refractivity (Wildman–Crippen MR) is 113 cm³/mol. The van der Waals surface area contributed by atoms with Crippen molar-refractivity contribution < 1.29 is 9.90 Å². The molecule has 28 heavy (non-hydrogen) atoms. The molecule has 4 heteroatoms. The zero-order valence-electron chi connectivity index (χ0n) is 16.6. The van der Waals surface area contributed by atoms with Crippen molar-refractivity contribution >= 4 is 5.97 Å². The van der Waals surface area contributed by atoms with Crippen LogP contribution in [0.5, 0.6) is 0 Å². The van der Waals surface area contributed by atoms with E-state index in [2.05, 4.69) is 71.5 Å². The minimum Gasteiger partial charge on any atom is -0.481 e. The Labute approximate surface area is 167 Å². The molecule has 2 unspecified atom stereocenters. The molecule has 4 rings (SSSR count). The van der Waals surface area contributed by atoms with Crippen molar-refractivity contribution in [3.8, 4) is 0 Å². The van der Waals surface area contributed by atoms with Crippen molar-refractivity contribution in [3.63, 3.8) is 0 Å². The van der Waals surface area contributed by atoms with E-state index in [0.717, 1.165) is 38.9 Å². The van der Waals surface area contributed by atoms with Crippen molar-refractivity contribution in [3.05, 3.63) is 71.4 Å². The SMILES string of the molecule is CN(CCN1CCCC(C(=O)O)C1)[C@H]1C2=CC=CCC2=CC=C2C=CC=CC21. The number of carboxylic acid groups (broad SMARTS) is 1. The quantitative estimate of drug-likeness (QED) is 0.794. The Kier molecular flexibility index (Phi) is 5.79. The number of fused-ring (bicyclic) bond motifs is 2. The largest absolute Gasteiger partial charge is 0.481 e. The Hall–Kier alpha value is -2.17. The van der Waals surface area contributed by atoms with Gasteiger partial charge in [0.05, 0.1) is 5.92 Å². The normalized spacial score (nSPS) is 29.5. The van der Waals surface area contributed by atoms with Gasteiger partial charge in [0.25, 0.3) is 0 Å². The third-order valence-corrected chi connectivity index (χ3v) is 6.46. The van der Waals surface area contributed by atoms with Crippen LogP contribution in [0.3, 0.4) is 0 Å². The molecular formula is C24H30N2O2. The molecule has 0 saturated carbocycles. The van der Waals surface area contributed by atoms with Gasteiger partial charge in [-0.2, -0.15) is 0 Å². The van der Waals surface area contributed by atoms with Crippen LogP contribution in [0.2, 0.25) is 0 Å². The number of allylic oxidation sites excluding steroid dienone is 8. The van der Waals surface area contributed by atoms with Crippen molar-refractivity contribution in [2.45, 2.75) is 25.3 Å². The van der Waals surface area contributed by atoms with E-state index < -0.39 is 5.97 Å². The van der Waals surface area contributed by atoms with E-state index in [1.54, 1.807) is 0 Å². The molecule has 0 spiro atoms. The minimum atomic E-state index is -0.648. The van der Waals surface area contributed by atoms with Gasteiger partial charge in [-0.3, -0.25) is 9.69 Å². The number of piperidine rings is 1. The summed E-state index contributed by atoms with van der Waals surface area (Å²) in [6.07, 6.45) is 22.9. The van der Waals surface area contributed by atoms with Gasteiger partial charge >= 0.3 is 5.97 Å². The minimum absolute atomic E-state index is 0.210. The topological polar surface area (TPSA) is 43.8 Å². The molecule has 4 aliphatic rings. The maximum atomic E-state index is 11.4. The summed E-state index contributed by atoms with van der Waals surface area (Å²) >= 11 is 0. The third kappa shape index (κ3) is 3.98. The van der Waals surface area contributed by atoms with Crippen LogP contribution in [0.4, 0.5) is 0 Å². The van der Waals surface area contributed by atoms with Crippen molar-refractivity contribution in [1.29, 1.82) is 0 Å². The maximum Gasteiger partial charge on any atom is 0.307 e. The highest BCUT2D eigenvalue weighted by Crippen LogP contribution is 2.37. The lowest BCUT2D eigenvalue weighted by molar-refractivity contribution is -0.143. The van der Waals surface area contributed by atoms with E-state index >= 15 is 0 Å². The summed E-state index contributed by atoms with van der Waals surface area (Å²) in [5.74, 6) is -0.502. The molecule has 0 amide bonds. The second-order valence-electron chi connectivity index (χ2n) is 8.29. The van der Waals surface area contributed by atoms with E-state index in [9.17, 15) is 9.90 Å². The van der Waals surface area contributed by atoms with Gasteiger partial charge in [0.1, 0.15) is 0 Å². The second kappa shape index (κ2) is 8.46. The van der Waals surface area contributed by atoms with Crippen molar-refractivity contribution in [2.24, 2.45) is 11.8 Å². The summed E-state index contributed by atoms with van der Waals surface area (Å²) in [5, 5.41) is 9.35. The van der Waals surface area contributed by atoms with Crippen molar-refractivity contribution in [1.82, 2.24) is 9.80 Å². The van der Waals surface area contributed by atoms with Crippen LogP contribution in [0.15, 0.2) is 71.4 Å². The Morgan fingerprint density at radius 2 is 2.14 bits per heavy atom. The fraction of sp³-hybridized carbons (Fsp3) is 0.458. The highest BCUT2D eigenvalue weighted by molar-refractivity contribution is 5.70. The zero-order chi connectivity index (χ0) is 19.5. The maximum absolute atomic E-state index is 11.4. The van der Waals surface area contributed by atoms with Gasteiger partial charge < -0.3 is 10.0 Å². The van der Waals surface area contributed by atoms with Gasteiger partial charge in [-0.25, -0.2) is 0 Å².